The number of aromatic nitrogens is 3. The molecule has 2 atom stereocenters. The molecule has 4 rings (SSSR count). The van der Waals surface area contributed by atoms with Gasteiger partial charge in [-0.05, 0) is 43.9 Å². The van der Waals surface area contributed by atoms with Gasteiger partial charge in [-0.1, -0.05) is 12.1 Å². The van der Waals surface area contributed by atoms with E-state index in [1.54, 1.807) is 18.3 Å². The van der Waals surface area contributed by atoms with E-state index < -0.39 is 0 Å². The molecule has 1 aromatic carbocycles. The van der Waals surface area contributed by atoms with Crippen molar-refractivity contribution in [2.45, 2.75) is 12.0 Å². The molecule has 0 saturated carbocycles. The number of anilines is 1. The van der Waals surface area contributed by atoms with Crippen molar-refractivity contribution in [3.05, 3.63) is 54.0 Å². The van der Waals surface area contributed by atoms with Crippen LogP contribution in [-0.2, 0) is 0 Å². The minimum atomic E-state index is -0.193. The summed E-state index contributed by atoms with van der Waals surface area (Å²) in [5.41, 5.74) is 1.97. The second kappa shape index (κ2) is 5.87. The fraction of sp³-hybridized carbons (Fsp3) is 0.333. The second-order valence-corrected chi connectivity index (χ2v) is 6.57. The summed E-state index contributed by atoms with van der Waals surface area (Å²) >= 11 is 0. The Morgan fingerprint density at radius 2 is 1.92 bits per heavy atom. The minimum Gasteiger partial charge on any atom is -0.354 e. The van der Waals surface area contributed by atoms with E-state index in [1.807, 2.05) is 24.3 Å². The maximum atomic E-state index is 13.2. The number of H-pyrrole nitrogens is 1. The molecule has 6 heteroatoms. The van der Waals surface area contributed by atoms with Gasteiger partial charge in [0.2, 0.25) is 0 Å². The monoisotopic (exact) mass is 325 g/mol. The van der Waals surface area contributed by atoms with Crippen molar-refractivity contribution < 1.29 is 4.39 Å². The van der Waals surface area contributed by atoms with Crippen LogP contribution >= 0.6 is 0 Å². The lowest BCUT2D eigenvalue weighted by Gasteiger charge is -2.25. The number of likely N-dealkylation sites (N-methyl/N-ethyl adjacent to an activating group) is 1. The van der Waals surface area contributed by atoms with Crippen LogP contribution in [-0.4, -0.2) is 53.3 Å². The largest absolute Gasteiger partial charge is 0.354 e. The van der Waals surface area contributed by atoms with Crippen LogP contribution in [0.25, 0.3) is 11.0 Å². The molecular formula is C18H20FN5. The van der Waals surface area contributed by atoms with Crippen LogP contribution in [0.4, 0.5) is 10.2 Å². The summed E-state index contributed by atoms with van der Waals surface area (Å²) in [7, 11) is 4.19. The van der Waals surface area contributed by atoms with Gasteiger partial charge in [-0.25, -0.2) is 9.37 Å². The van der Waals surface area contributed by atoms with Crippen molar-refractivity contribution in [1.29, 1.82) is 0 Å². The van der Waals surface area contributed by atoms with Crippen LogP contribution in [0, 0.1) is 5.82 Å². The van der Waals surface area contributed by atoms with Gasteiger partial charge in [-0.15, -0.1) is 0 Å². The first-order valence-corrected chi connectivity index (χ1v) is 8.09. The Hall–Kier alpha value is -2.47. The molecule has 0 aliphatic carbocycles. The normalized spacial score (nSPS) is 21.1. The van der Waals surface area contributed by atoms with Gasteiger partial charge in [0.1, 0.15) is 11.6 Å². The molecule has 124 valence electrons. The lowest BCUT2D eigenvalue weighted by molar-refractivity contribution is 0.292. The number of halogens is 1. The summed E-state index contributed by atoms with van der Waals surface area (Å²) in [5, 5.41) is 7.97. The van der Waals surface area contributed by atoms with Gasteiger partial charge in [0.25, 0.3) is 0 Å². The molecule has 0 bridgehead atoms. The molecule has 1 N–H and O–H groups in total. The third-order valence-electron chi connectivity index (χ3n) is 4.86. The smallest absolute Gasteiger partial charge is 0.157 e. The van der Waals surface area contributed by atoms with Crippen molar-refractivity contribution in [3.63, 3.8) is 0 Å². The molecule has 3 aromatic rings. The number of nitrogens with one attached hydrogen (secondary N) is 1. The number of hydrogen-bond donors (Lipinski definition) is 1. The Morgan fingerprint density at radius 1 is 1.12 bits per heavy atom. The maximum absolute atomic E-state index is 13.2. The van der Waals surface area contributed by atoms with E-state index in [0.29, 0.717) is 12.0 Å². The summed E-state index contributed by atoms with van der Waals surface area (Å²) in [6, 6.07) is 11.3. The highest BCUT2D eigenvalue weighted by atomic mass is 19.1. The van der Waals surface area contributed by atoms with E-state index in [0.717, 1.165) is 29.9 Å². The first-order chi connectivity index (χ1) is 11.6. The number of nitrogens with zero attached hydrogens (tertiary/aromatic N) is 4. The van der Waals surface area contributed by atoms with E-state index in [2.05, 4.69) is 39.1 Å². The zero-order chi connectivity index (χ0) is 16.7. The highest BCUT2D eigenvalue weighted by Gasteiger charge is 2.35. The summed E-state index contributed by atoms with van der Waals surface area (Å²) in [6.45, 7) is 1.75. The second-order valence-electron chi connectivity index (χ2n) is 6.57. The van der Waals surface area contributed by atoms with Crippen LogP contribution < -0.4 is 4.90 Å². The molecular weight excluding hydrogens is 305 g/mol. The third-order valence-corrected chi connectivity index (χ3v) is 4.86. The topological polar surface area (TPSA) is 48.0 Å². The van der Waals surface area contributed by atoms with Gasteiger partial charge in [0.05, 0.1) is 6.20 Å². The Balaban J connectivity index is 1.65. The predicted octanol–water partition coefficient (Wildman–Crippen LogP) is 2.63. The van der Waals surface area contributed by atoms with Crippen LogP contribution in [0.5, 0.6) is 0 Å². The lowest BCUT2D eigenvalue weighted by Crippen LogP contribution is -2.34. The van der Waals surface area contributed by atoms with Gasteiger partial charge in [-0.3, -0.25) is 5.10 Å². The van der Waals surface area contributed by atoms with Crippen molar-refractivity contribution in [2.75, 3.05) is 32.1 Å². The number of aromatic amines is 1. The molecule has 0 amide bonds. The van der Waals surface area contributed by atoms with Crippen molar-refractivity contribution in [1.82, 2.24) is 20.1 Å². The van der Waals surface area contributed by atoms with Gasteiger partial charge < -0.3 is 9.80 Å². The SMILES string of the molecule is CN(C)C1CN(c2ccc3cn[nH]c3n2)CC1c1ccc(F)cc1. The molecule has 3 heterocycles. The maximum Gasteiger partial charge on any atom is 0.157 e. The first kappa shape index (κ1) is 15.1. The third kappa shape index (κ3) is 2.63. The van der Waals surface area contributed by atoms with Gasteiger partial charge in [0.15, 0.2) is 5.65 Å². The standard InChI is InChI=1S/C18H20FN5/c1-23(2)16-11-24(10-15(16)12-3-6-14(19)7-4-12)17-8-5-13-9-20-22-18(13)21-17/h3-9,15-16H,10-11H2,1-2H3,(H,20,21,22). The van der Waals surface area contributed by atoms with E-state index in [1.165, 1.54) is 5.56 Å². The summed E-state index contributed by atoms with van der Waals surface area (Å²) < 4.78 is 13.2. The number of benzene rings is 1. The number of hydrogen-bond acceptors (Lipinski definition) is 4. The summed E-state index contributed by atoms with van der Waals surface area (Å²) in [4.78, 5) is 9.21. The zero-order valence-corrected chi connectivity index (χ0v) is 13.8. The highest BCUT2D eigenvalue weighted by Crippen LogP contribution is 2.33. The highest BCUT2D eigenvalue weighted by molar-refractivity contribution is 5.75. The van der Waals surface area contributed by atoms with E-state index in [4.69, 9.17) is 0 Å². The quantitative estimate of drug-likeness (QED) is 0.804. The Kier molecular flexibility index (Phi) is 3.69. The molecule has 5 nitrogen and oxygen atoms in total. The molecule has 0 spiro atoms. The number of rotatable bonds is 3. The van der Waals surface area contributed by atoms with Gasteiger partial charge >= 0.3 is 0 Å². The lowest BCUT2D eigenvalue weighted by atomic mass is 9.94. The zero-order valence-electron chi connectivity index (χ0n) is 13.8. The minimum absolute atomic E-state index is 0.193. The molecule has 2 aromatic heterocycles. The van der Waals surface area contributed by atoms with Crippen molar-refractivity contribution in [3.8, 4) is 0 Å². The summed E-state index contributed by atoms with van der Waals surface area (Å²) in [6.07, 6.45) is 1.78. The van der Waals surface area contributed by atoms with Gasteiger partial charge in [0, 0.05) is 30.4 Å². The van der Waals surface area contributed by atoms with Crippen molar-refractivity contribution >= 4 is 16.9 Å². The number of pyridine rings is 1. The Morgan fingerprint density at radius 3 is 2.67 bits per heavy atom. The fourth-order valence-electron chi connectivity index (χ4n) is 3.53. The fourth-order valence-corrected chi connectivity index (χ4v) is 3.53. The average Bonchev–Trinajstić information content (AvgIpc) is 3.21. The molecule has 24 heavy (non-hydrogen) atoms. The van der Waals surface area contributed by atoms with Gasteiger partial charge in [-0.2, -0.15) is 5.10 Å². The first-order valence-electron chi connectivity index (χ1n) is 8.09. The Bertz CT molecular complexity index is 842. The Labute approximate surface area is 140 Å². The molecule has 1 saturated heterocycles. The molecule has 1 fully saturated rings. The van der Waals surface area contributed by atoms with Crippen LogP contribution in [0.15, 0.2) is 42.6 Å². The van der Waals surface area contributed by atoms with Crippen molar-refractivity contribution in [2.24, 2.45) is 0 Å². The van der Waals surface area contributed by atoms with E-state index in [9.17, 15) is 4.39 Å². The van der Waals surface area contributed by atoms with Crippen LogP contribution in [0.3, 0.4) is 0 Å². The average molecular weight is 325 g/mol. The molecule has 1 aliphatic heterocycles. The van der Waals surface area contributed by atoms with E-state index in [-0.39, 0.29) is 5.82 Å². The van der Waals surface area contributed by atoms with Crippen LogP contribution in [0.1, 0.15) is 11.5 Å². The molecule has 1 aliphatic rings. The molecule has 2 unspecified atom stereocenters. The number of fused-ring (bicyclic) bond motifs is 1. The molecule has 0 radical (unpaired) electrons. The predicted molar refractivity (Wildman–Crippen MR) is 92.7 cm³/mol. The van der Waals surface area contributed by atoms with E-state index >= 15 is 0 Å². The summed E-state index contributed by atoms with van der Waals surface area (Å²) in [5.74, 6) is 1.07. The van der Waals surface area contributed by atoms with Crippen LogP contribution in [0.2, 0.25) is 0 Å².